The standard InChI is InChI=1S/C33H39N3O2/c1-23(2)28-17-16-24(3)20-31(28)38-19-11-10-18-35-30-15-9-8-14-29(30)34-33(35)27-21-32(37)36(22-27)25(4)26-12-6-5-7-13-26/h5-9,12-17,20,23,25,27H,10-11,18-19,21-22H2,1-4H3. The molecule has 198 valence electrons. The van der Waals surface area contributed by atoms with Gasteiger partial charge in [0.15, 0.2) is 0 Å². The normalized spacial score (nSPS) is 16.5. The van der Waals surface area contributed by atoms with Crippen molar-refractivity contribution in [1.29, 1.82) is 0 Å². The maximum Gasteiger partial charge on any atom is 0.223 e. The minimum Gasteiger partial charge on any atom is -0.493 e. The molecule has 0 aliphatic carbocycles. The van der Waals surface area contributed by atoms with Crippen molar-refractivity contribution in [3.63, 3.8) is 0 Å². The number of nitrogens with zero attached hydrogens (tertiary/aromatic N) is 3. The fraction of sp³-hybridized carbons (Fsp3) is 0.394. The number of aryl methyl sites for hydroxylation is 2. The first-order valence-electron chi connectivity index (χ1n) is 13.9. The van der Waals surface area contributed by atoms with Crippen molar-refractivity contribution in [1.82, 2.24) is 14.5 Å². The molecule has 1 fully saturated rings. The molecule has 5 rings (SSSR count). The lowest BCUT2D eigenvalue weighted by atomic mass is 10.0. The highest BCUT2D eigenvalue weighted by Gasteiger charge is 2.36. The molecular weight excluding hydrogens is 470 g/mol. The summed E-state index contributed by atoms with van der Waals surface area (Å²) in [4.78, 5) is 20.2. The van der Waals surface area contributed by atoms with Crippen molar-refractivity contribution in [2.75, 3.05) is 13.2 Å². The molecule has 4 aromatic rings. The van der Waals surface area contributed by atoms with Gasteiger partial charge in [-0.15, -0.1) is 0 Å². The topological polar surface area (TPSA) is 47.4 Å². The predicted molar refractivity (Wildman–Crippen MR) is 154 cm³/mol. The summed E-state index contributed by atoms with van der Waals surface area (Å²) < 4.78 is 8.58. The molecule has 0 spiro atoms. The van der Waals surface area contributed by atoms with Crippen molar-refractivity contribution >= 4 is 16.9 Å². The molecule has 1 saturated heterocycles. The zero-order chi connectivity index (χ0) is 26.6. The Labute approximate surface area is 226 Å². The Morgan fingerprint density at radius 2 is 1.74 bits per heavy atom. The summed E-state index contributed by atoms with van der Waals surface area (Å²) in [5.74, 6) is 2.77. The van der Waals surface area contributed by atoms with Gasteiger partial charge in [0.25, 0.3) is 0 Å². The van der Waals surface area contributed by atoms with E-state index in [1.807, 2.05) is 29.2 Å². The van der Waals surface area contributed by atoms with Crippen LogP contribution in [0.1, 0.15) is 80.4 Å². The van der Waals surface area contributed by atoms with Gasteiger partial charge in [-0.05, 0) is 67.5 Å². The van der Waals surface area contributed by atoms with E-state index in [0.29, 0.717) is 25.5 Å². The summed E-state index contributed by atoms with van der Waals surface area (Å²) >= 11 is 0. The van der Waals surface area contributed by atoms with Gasteiger partial charge in [0.2, 0.25) is 5.91 Å². The molecule has 0 radical (unpaired) electrons. The number of fused-ring (bicyclic) bond motifs is 1. The van der Waals surface area contributed by atoms with E-state index >= 15 is 0 Å². The summed E-state index contributed by atoms with van der Waals surface area (Å²) in [6.45, 7) is 10.9. The van der Waals surface area contributed by atoms with E-state index in [1.54, 1.807) is 0 Å². The quantitative estimate of drug-likeness (QED) is 0.209. The van der Waals surface area contributed by atoms with E-state index in [0.717, 1.165) is 42.0 Å². The number of imidazole rings is 1. The lowest BCUT2D eigenvalue weighted by Crippen LogP contribution is -2.28. The second-order valence-electron chi connectivity index (χ2n) is 10.9. The monoisotopic (exact) mass is 509 g/mol. The van der Waals surface area contributed by atoms with Gasteiger partial charge in [-0.2, -0.15) is 0 Å². The van der Waals surface area contributed by atoms with Crippen LogP contribution in [0.15, 0.2) is 72.8 Å². The lowest BCUT2D eigenvalue weighted by molar-refractivity contribution is -0.129. The number of para-hydroxylation sites is 2. The second kappa shape index (κ2) is 11.4. The molecule has 5 nitrogen and oxygen atoms in total. The van der Waals surface area contributed by atoms with Gasteiger partial charge < -0.3 is 14.2 Å². The van der Waals surface area contributed by atoms with Crippen molar-refractivity contribution in [3.8, 4) is 5.75 Å². The molecule has 1 aliphatic heterocycles. The van der Waals surface area contributed by atoms with E-state index < -0.39 is 0 Å². The lowest BCUT2D eigenvalue weighted by Gasteiger charge is -2.25. The molecular formula is C33H39N3O2. The third-order valence-electron chi connectivity index (χ3n) is 7.78. The molecule has 0 saturated carbocycles. The van der Waals surface area contributed by atoms with Gasteiger partial charge in [-0.1, -0.05) is 68.4 Å². The van der Waals surface area contributed by atoms with E-state index in [1.165, 1.54) is 16.7 Å². The maximum absolute atomic E-state index is 13.1. The summed E-state index contributed by atoms with van der Waals surface area (Å²) in [6.07, 6.45) is 2.45. The van der Waals surface area contributed by atoms with E-state index in [4.69, 9.17) is 9.72 Å². The van der Waals surface area contributed by atoms with Crippen LogP contribution >= 0.6 is 0 Å². The number of aromatic nitrogens is 2. The first kappa shape index (κ1) is 26.0. The Kier molecular flexibility index (Phi) is 7.82. The number of ether oxygens (including phenoxy) is 1. The number of unbranched alkanes of at least 4 members (excludes halogenated alkanes) is 1. The average Bonchev–Trinajstić information content (AvgIpc) is 3.49. The van der Waals surface area contributed by atoms with Gasteiger partial charge in [-0.25, -0.2) is 4.98 Å². The van der Waals surface area contributed by atoms with Crippen LogP contribution in [-0.4, -0.2) is 33.5 Å². The van der Waals surface area contributed by atoms with Crippen LogP contribution in [-0.2, 0) is 11.3 Å². The van der Waals surface area contributed by atoms with Crippen LogP contribution < -0.4 is 4.74 Å². The van der Waals surface area contributed by atoms with Gasteiger partial charge in [0.1, 0.15) is 11.6 Å². The smallest absolute Gasteiger partial charge is 0.223 e. The number of rotatable bonds is 10. The number of likely N-dealkylation sites (tertiary alicyclic amines) is 1. The zero-order valence-electron chi connectivity index (χ0n) is 23.1. The highest BCUT2D eigenvalue weighted by Crippen LogP contribution is 2.35. The van der Waals surface area contributed by atoms with Crippen LogP contribution in [0.3, 0.4) is 0 Å². The van der Waals surface area contributed by atoms with E-state index in [2.05, 4.69) is 80.8 Å². The van der Waals surface area contributed by atoms with E-state index in [-0.39, 0.29) is 17.9 Å². The molecule has 3 aromatic carbocycles. The molecule has 1 aliphatic rings. The number of hydrogen-bond donors (Lipinski definition) is 0. The second-order valence-corrected chi connectivity index (χ2v) is 10.9. The minimum absolute atomic E-state index is 0.0565. The van der Waals surface area contributed by atoms with Crippen LogP contribution in [0.5, 0.6) is 5.75 Å². The highest BCUT2D eigenvalue weighted by molar-refractivity contribution is 5.81. The van der Waals surface area contributed by atoms with Crippen molar-refractivity contribution in [2.24, 2.45) is 0 Å². The molecule has 2 heterocycles. The Morgan fingerprint density at radius 1 is 0.974 bits per heavy atom. The van der Waals surface area contributed by atoms with E-state index in [9.17, 15) is 4.79 Å². The predicted octanol–water partition coefficient (Wildman–Crippen LogP) is 7.40. The van der Waals surface area contributed by atoms with Crippen molar-refractivity contribution < 1.29 is 9.53 Å². The summed E-state index contributed by atoms with van der Waals surface area (Å²) in [6, 6.07) is 25.2. The number of amides is 1. The molecule has 0 bridgehead atoms. The third kappa shape index (κ3) is 5.47. The molecule has 0 N–H and O–H groups in total. The summed E-state index contributed by atoms with van der Waals surface area (Å²) in [7, 11) is 0. The maximum atomic E-state index is 13.1. The van der Waals surface area contributed by atoms with Gasteiger partial charge in [0.05, 0.1) is 23.7 Å². The van der Waals surface area contributed by atoms with Crippen molar-refractivity contribution in [3.05, 3.63) is 95.3 Å². The van der Waals surface area contributed by atoms with Gasteiger partial charge in [-0.3, -0.25) is 4.79 Å². The number of carbonyl (C=O) groups is 1. The van der Waals surface area contributed by atoms with Gasteiger partial charge >= 0.3 is 0 Å². The average molecular weight is 510 g/mol. The molecule has 2 unspecified atom stereocenters. The van der Waals surface area contributed by atoms with Crippen LogP contribution in [0.4, 0.5) is 0 Å². The zero-order valence-corrected chi connectivity index (χ0v) is 23.1. The largest absolute Gasteiger partial charge is 0.493 e. The highest BCUT2D eigenvalue weighted by atomic mass is 16.5. The molecule has 2 atom stereocenters. The van der Waals surface area contributed by atoms with Crippen molar-refractivity contribution in [2.45, 2.75) is 71.4 Å². The number of carbonyl (C=O) groups excluding carboxylic acids is 1. The molecule has 1 aromatic heterocycles. The first-order chi connectivity index (χ1) is 18.4. The summed E-state index contributed by atoms with van der Waals surface area (Å²) in [5, 5.41) is 0. The molecule has 5 heteroatoms. The minimum atomic E-state index is 0.0565. The van der Waals surface area contributed by atoms with Crippen LogP contribution in [0.2, 0.25) is 0 Å². The van der Waals surface area contributed by atoms with Crippen LogP contribution in [0.25, 0.3) is 11.0 Å². The number of benzene rings is 3. The SMILES string of the molecule is Cc1ccc(C(C)C)c(OCCCCn2c(C3CC(=O)N(C(C)c4ccccc4)C3)nc3ccccc32)c1. The molecule has 1 amide bonds. The van der Waals surface area contributed by atoms with Gasteiger partial charge in [0, 0.05) is 25.4 Å². The molecule has 38 heavy (non-hydrogen) atoms. The Bertz CT molecular complexity index is 1390. The Balaban J connectivity index is 1.27. The fourth-order valence-electron chi connectivity index (χ4n) is 5.63. The fourth-order valence-corrected chi connectivity index (χ4v) is 5.63. The Morgan fingerprint density at radius 3 is 2.53 bits per heavy atom. The van der Waals surface area contributed by atoms with Crippen LogP contribution in [0, 0.1) is 6.92 Å². The first-order valence-corrected chi connectivity index (χ1v) is 13.9. The summed E-state index contributed by atoms with van der Waals surface area (Å²) in [5.41, 5.74) is 5.80. The number of hydrogen-bond acceptors (Lipinski definition) is 3. The Hall–Kier alpha value is -3.60. The third-order valence-corrected chi connectivity index (χ3v) is 7.78.